The van der Waals surface area contributed by atoms with Gasteiger partial charge in [0, 0.05) is 49.2 Å². The summed E-state index contributed by atoms with van der Waals surface area (Å²) in [5.74, 6) is 0.0526. The molecule has 0 unspecified atom stereocenters. The van der Waals surface area contributed by atoms with Gasteiger partial charge in [-0.3, -0.25) is 0 Å². The summed E-state index contributed by atoms with van der Waals surface area (Å²) in [7, 11) is 0. The highest BCUT2D eigenvalue weighted by Crippen LogP contribution is 2.43. The molecule has 2 amide bonds. The maximum atomic E-state index is 12.0. The topological polar surface area (TPSA) is 103 Å². The summed E-state index contributed by atoms with van der Waals surface area (Å²) in [5.41, 5.74) is 5.97. The molecule has 2 aliphatic rings. The Morgan fingerprint density at radius 3 is 2.24 bits per heavy atom. The second-order valence-electron chi connectivity index (χ2n) is 13.2. The Balaban J connectivity index is 1.19. The number of ether oxygens (including phenoxy) is 2. The van der Waals surface area contributed by atoms with E-state index in [9.17, 15) is 15.0 Å². The van der Waals surface area contributed by atoms with Crippen molar-refractivity contribution in [3.63, 3.8) is 0 Å². The fourth-order valence-corrected chi connectivity index (χ4v) is 7.04. The van der Waals surface area contributed by atoms with Crippen molar-refractivity contribution in [1.29, 1.82) is 0 Å². The van der Waals surface area contributed by atoms with Gasteiger partial charge in [-0.2, -0.15) is 0 Å². The number of aliphatic hydroxyl groups excluding tert-OH is 1. The SMILES string of the molecule is CCNC(=O)NCc1ccccc1-c1ccc([C@@H]2O[C@H](CN3CCC(O)(c4ccc(Cl)cc4)CC3)[C@H](C)[C@H](c3ccc(CO)cc3)O2)cc1. The van der Waals surface area contributed by atoms with Crippen molar-refractivity contribution >= 4 is 17.6 Å². The molecule has 4 aromatic carbocycles. The number of nitrogens with one attached hydrogen (secondary N) is 2. The predicted octanol–water partition coefficient (Wildman–Crippen LogP) is 7.09. The van der Waals surface area contributed by atoms with Crippen LogP contribution in [0, 0.1) is 5.92 Å². The van der Waals surface area contributed by atoms with Crippen molar-refractivity contribution in [3.8, 4) is 11.1 Å². The molecule has 0 spiro atoms. The van der Waals surface area contributed by atoms with E-state index >= 15 is 0 Å². The number of urea groups is 1. The monoisotopic (exact) mass is 683 g/mol. The highest BCUT2D eigenvalue weighted by Gasteiger charge is 2.41. The van der Waals surface area contributed by atoms with Crippen molar-refractivity contribution in [1.82, 2.24) is 15.5 Å². The number of hydrogen-bond donors (Lipinski definition) is 4. The first-order valence-electron chi connectivity index (χ1n) is 17.2. The first-order chi connectivity index (χ1) is 23.8. The Bertz CT molecular complexity index is 1670. The predicted molar refractivity (Wildman–Crippen MR) is 192 cm³/mol. The minimum atomic E-state index is -0.874. The lowest BCUT2D eigenvalue weighted by atomic mass is 9.84. The number of halogens is 1. The standard InChI is InChI=1S/C40H46ClN3O5/c1-3-42-39(46)43-24-32-6-4-5-7-35(32)29-12-14-31(15-13-29)38-48-36(27(2)37(49-38)30-10-8-28(26-45)9-11-30)25-44-22-20-40(47,21-23-44)33-16-18-34(41)19-17-33/h4-19,27,36-38,45,47H,3,20-26H2,1-2H3,(H2,42,43,46)/t27-,36+,37+,38+/m0/s1. The Labute approximate surface area is 294 Å². The maximum Gasteiger partial charge on any atom is 0.315 e. The number of likely N-dealkylation sites (tertiary alicyclic amines) is 1. The second-order valence-corrected chi connectivity index (χ2v) is 13.6. The maximum absolute atomic E-state index is 12.0. The van der Waals surface area contributed by atoms with Crippen LogP contribution in [0.5, 0.6) is 0 Å². The fourth-order valence-electron chi connectivity index (χ4n) is 6.91. The van der Waals surface area contributed by atoms with E-state index in [-0.39, 0.29) is 30.8 Å². The van der Waals surface area contributed by atoms with E-state index in [4.69, 9.17) is 21.1 Å². The van der Waals surface area contributed by atoms with Crippen molar-refractivity contribution in [2.45, 2.75) is 63.9 Å². The molecule has 8 nitrogen and oxygen atoms in total. The molecular weight excluding hydrogens is 638 g/mol. The molecule has 2 saturated heterocycles. The molecular formula is C40H46ClN3O5. The molecule has 9 heteroatoms. The largest absolute Gasteiger partial charge is 0.392 e. The highest BCUT2D eigenvalue weighted by molar-refractivity contribution is 6.30. The van der Waals surface area contributed by atoms with Gasteiger partial charge in [-0.15, -0.1) is 0 Å². The summed E-state index contributed by atoms with van der Waals surface area (Å²) in [6, 6.07) is 31.6. The minimum absolute atomic E-state index is 0.00940. The Morgan fingerprint density at radius 2 is 1.57 bits per heavy atom. The van der Waals surface area contributed by atoms with Gasteiger partial charge in [0.25, 0.3) is 0 Å². The molecule has 2 aliphatic heterocycles. The van der Waals surface area contributed by atoms with Crippen molar-refractivity contribution in [2.75, 3.05) is 26.2 Å². The number of carbonyl (C=O) groups excluding carboxylic acids is 1. The van der Waals surface area contributed by atoms with E-state index < -0.39 is 11.9 Å². The Hall–Kier alpha value is -3.76. The summed E-state index contributed by atoms with van der Waals surface area (Å²) < 4.78 is 13.5. The molecule has 0 radical (unpaired) electrons. The summed E-state index contributed by atoms with van der Waals surface area (Å²) in [6.07, 6.45) is 0.340. The highest BCUT2D eigenvalue weighted by atomic mass is 35.5. The van der Waals surface area contributed by atoms with Crippen LogP contribution in [0.3, 0.4) is 0 Å². The van der Waals surface area contributed by atoms with E-state index in [1.54, 1.807) is 0 Å². The van der Waals surface area contributed by atoms with E-state index in [2.05, 4.69) is 52.8 Å². The van der Waals surface area contributed by atoms with Gasteiger partial charge in [-0.05, 0) is 65.3 Å². The van der Waals surface area contributed by atoms with Crippen molar-refractivity contribution < 1.29 is 24.5 Å². The van der Waals surface area contributed by atoms with Gasteiger partial charge in [0.05, 0.1) is 24.4 Å². The third kappa shape index (κ3) is 8.35. The van der Waals surface area contributed by atoms with Crippen LogP contribution in [0.4, 0.5) is 4.79 Å². The Kier molecular flexibility index (Phi) is 11.3. The first-order valence-corrected chi connectivity index (χ1v) is 17.6. The van der Waals surface area contributed by atoms with E-state index in [0.29, 0.717) is 37.5 Å². The van der Waals surface area contributed by atoms with Crippen molar-refractivity contribution in [3.05, 3.63) is 130 Å². The van der Waals surface area contributed by atoms with Crippen LogP contribution in [0.1, 0.15) is 66.9 Å². The van der Waals surface area contributed by atoms with Crippen LogP contribution in [0.25, 0.3) is 11.1 Å². The zero-order chi connectivity index (χ0) is 34.4. The van der Waals surface area contributed by atoms with Crippen LogP contribution in [0.15, 0.2) is 97.1 Å². The molecule has 6 rings (SSSR count). The molecule has 2 fully saturated rings. The van der Waals surface area contributed by atoms with Gasteiger partial charge in [-0.25, -0.2) is 4.79 Å². The van der Waals surface area contributed by atoms with E-state index in [0.717, 1.165) is 52.0 Å². The summed E-state index contributed by atoms with van der Waals surface area (Å²) in [6.45, 7) is 7.26. The summed E-state index contributed by atoms with van der Waals surface area (Å²) >= 11 is 6.10. The normalized spacial score (nSPS) is 22.4. The number of aliphatic hydroxyl groups is 2. The number of nitrogens with zero attached hydrogens (tertiary/aromatic N) is 1. The summed E-state index contributed by atoms with van der Waals surface area (Å²) in [4.78, 5) is 14.4. The number of rotatable bonds is 10. The second kappa shape index (κ2) is 15.9. The van der Waals surface area contributed by atoms with Gasteiger partial charge in [-0.1, -0.05) is 103 Å². The van der Waals surface area contributed by atoms with E-state index in [1.807, 2.05) is 73.7 Å². The fraction of sp³-hybridized carbons (Fsp3) is 0.375. The smallest absolute Gasteiger partial charge is 0.315 e. The molecule has 49 heavy (non-hydrogen) atoms. The Morgan fingerprint density at radius 1 is 0.898 bits per heavy atom. The third-order valence-corrected chi connectivity index (χ3v) is 10.2. The average molecular weight is 684 g/mol. The first kappa shape index (κ1) is 35.1. The van der Waals surface area contributed by atoms with Gasteiger partial charge >= 0.3 is 6.03 Å². The lowest BCUT2D eigenvalue weighted by Gasteiger charge is -2.45. The van der Waals surface area contributed by atoms with E-state index in [1.165, 1.54) is 0 Å². The minimum Gasteiger partial charge on any atom is -0.392 e. The quantitative estimate of drug-likeness (QED) is 0.142. The molecule has 2 heterocycles. The molecule has 0 aromatic heterocycles. The lowest BCUT2D eigenvalue weighted by Crippen LogP contribution is -2.49. The van der Waals surface area contributed by atoms with Gasteiger partial charge in [0.15, 0.2) is 6.29 Å². The van der Waals surface area contributed by atoms with Crippen LogP contribution < -0.4 is 10.6 Å². The van der Waals surface area contributed by atoms with Crippen LogP contribution in [-0.2, 0) is 28.2 Å². The molecule has 4 aromatic rings. The van der Waals surface area contributed by atoms with Crippen LogP contribution in [-0.4, -0.2) is 53.4 Å². The van der Waals surface area contributed by atoms with Crippen LogP contribution >= 0.6 is 11.6 Å². The molecule has 0 bridgehead atoms. The molecule has 4 N–H and O–H groups in total. The zero-order valence-electron chi connectivity index (χ0n) is 28.1. The molecule has 0 aliphatic carbocycles. The van der Waals surface area contributed by atoms with Crippen LogP contribution in [0.2, 0.25) is 5.02 Å². The molecule has 4 atom stereocenters. The number of amides is 2. The lowest BCUT2D eigenvalue weighted by molar-refractivity contribution is -0.277. The van der Waals surface area contributed by atoms with Gasteiger partial charge in [0.2, 0.25) is 0 Å². The zero-order valence-corrected chi connectivity index (χ0v) is 28.9. The molecule has 258 valence electrons. The van der Waals surface area contributed by atoms with Gasteiger partial charge < -0.3 is 35.2 Å². The average Bonchev–Trinajstić information content (AvgIpc) is 3.13. The number of benzene rings is 4. The van der Waals surface area contributed by atoms with Crippen molar-refractivity contribution in [2.24, 2.45) is 5.92 Å². The number of piperidine rings is 1. The third-order valence-electron chi connectivity index (χ3n) is 9.91. The van der Waals surface area contributed by atoms with Gasteiger partial charge in [0.1, 0.15) is 0 Å². The summed E-state index contributed by atoms with van der Waals surface area (Å²) in [5, 5.41) is 27.5. The number of hydrogen-bond acceptors (Lipinski definition) is 6. The number of carbonyl (C=O) groups is 1. The molecule has 0 saturated carbocycles.